The molecule has 1 aromatic carbocycles. The number of carbonyl (C=O) groups is 1. The highest BCUT2D eigenvalue weighted by atomic mass is 19.4. The zero-order chi connectivity index (χ0) is 15.9. The molecule has 0 atom stereocenters. The molecule has 1 aromatic heterocycles. The summed E-state index contributed by atoms with van der Waals surface area (Å²) in [7, 11) is 0. The lowest BCUT2D eigenvalue weighted by Gasteiger charge is -2.20. The third-order valence-electron chi connectivity index (χ3n) is 3.59. The molecule has 0 aliphatic carbocycles. The summed E-state index contributed by atoms with van der Waals surface area (Å²) in [6, 6.07) is 4.10. The summed E-state index contributed by atoms with van der Waals surface area (Å²) in [5.41, 5.74) is -0.0998. The molecule has 0 bridgehead atoms. The van der Waals surface area contributed by atoms with Gasteiger partial charge in [0.15, 0.2) is 0 Å². The summed E-state index contributed by atoms with van der Waals surface area (Å²) >= 11 is 0. The number of halogens is 3. The topological polar surface area (TPSA) is 66.3 Å². The lowest BCUT2D eigenvalue weighted by Crippen LogP contribution is -2.23. The summed E-state index contributed by atoms with van der Waals surface area (Å²) in [4.78, 5) is 20.2. The molecule has 2 heterocycles. The number of carboxylic acids is 1. The number of anilines is 1. The van der Waals surface area contributed by atoms with E-state index in [1.54, 1.807) is 4.90 Å². The second-order valence-electron chi connectivity index (χ2n) is 5.07. The number of hydrogen-bond acceptors (Lipinski definition) is 4. The monoisotopic (exact) mass is 311 g/mol. The lowest BCUT2D eigenvalue weighted by atomic mass is 10.1. The molecule has 1 saturated heterocycles. The summed E-state index contributed by atoms with van der Waals surface area (Å²) < 4.78 is 38.9. The minimum atomic E-state index is -4.68. The lowest BCUT2D eigenvalue weighted by molar-refractivity contribution is -0.144. The first kappa shape index (κ1) is 14.6. The van der Waals surface area contributed by atoms with E-state index in [9.17, 15) is 23.1 Å². The largest absolute Gasteiger partial charge is 0.478 e. The summed E-state index contributed by atoms with van der Waals surface area (Å²) in [5, 5.41) is 9.44. The van der Waals surface area contributed by atoms with Crippen LogP contribution in [-0.2, 0) is 6.18 Å². The Morgan fingerprint density at radius 3 is 2.45 bits per heavy atom. The van der Waals surface area contributed by atoms with Crippen LogP contribution in [-0.4, -0.2) is 34.1 Å². The van der Waals surface area contributed by atoms with Crippen LogP contribution < -0.4 is 4.90 Å². The van der Waals surface area contributed by atoms with Gasteiger partial charge in [0.2, 0.25) is 5.82 Å². The Labute approximate surface area is 123 Å². The van der Waals surface area contributed by atoms with Gasteiger partial charge in [-0.2, -0.15) is 13.2 Å². The average molecular weight is 311 g/mol. The van der Waals surface area contributed by atoms with Gasteiger partial charge in [0.1, 0.15) is 5.82 Å². The number of aromatic nitrogens is 2. The summed E-state index contributed by atoms with van der Waals surface area (Å²) in [6.45, 7) is 1.11. The van der Waals surface area contributed by atoms with Crippen LogP contribution in [0, 0.1) is 0 Å². The maximum absolute atomic E-state index is 13.0. The number of hydrogen-bond donors (Lipinski definition) is 1. The predicted octanol–water partition coefficient (Wildman–Crippen LogP) is 2.95. The fraction of sp³-hybridized carbons (Fsp3) is 0.357. The van der Waals surface area contributed by atoms with Crippen molar-refractivity contribution in [2.75, 3.05) is 18.0 Å². The second kappa shape index (κ2) is 5.11. The summed E-state index contributed by atoms with van der Waals surface area (Å²) in [6.07, 6.45) is -3.01. The van der Waals surface area contributed by atoms with Crippen LogP contribution in [0.25, 0.3) is 10.9 Å². The minimum absolute atomic E-state index is 0.0101. The Hall–Kier alpha value is -2.38. The number of aromatic carboxylic acids is 1. The Morgan fingerprint density at radius 1 is 1.18 bits per heavy atom. The van der Waals surface area contributed by atoms with E-state index in [0.29, 0.717) is 13.1 Å². The molecule has 0 unspecified atom stereocenters. The van der Waals surface area contributed by atoms with Gasteiger partial charge in [0.25, 0.3) is 0 Å². The number of nitrogens with zero attached hydrogens (tertiary/aromatic N) is 3. The minimum Gasteiger partial charge on any atom is -0.478 e. The van der Waals surface area contributed by atoms with Crippen molar-refractivity contribution in [1.82, 2.24) is 9.97 Å². The van der Waals surface area contributed by atoms with Crippen molar-refractivity contribution in [2.24, 2.45) is 0 Å². The smallest absolute Gasteiger partial charge is 0.451 e. The molecular weight excluding hydrogens is 299 g/mol. The average Bonchev–Trinajstić information content (AvgIpc) is 2.98. The van der Waals surface area contributed by atoms with E-state index in [1.165, 1.54) is 18.2 Å². The summed E-state index contributed by atoms with van der Waals surface area (Å²) in [5.74, 6) is -2.41. The molecule has 1 fully saturated rings. The Morgan fingerprint density at radius 2 is 1.86 bits per heavy atom. The van der Waals surface area contributed by atoms with E-state index in [-0.39, 0.29) is 22.3 Å². The van der Waals surface area contributed by atoms with E-state index in [2.05, 4.69) is 9.97 Å². The molecule has 0 spiro atoms. The fourth-order valence-electron chi connectivity index (χ4n) is 2.63. The SMILES string of the molecule is O=C(O)c1cccc2nc(C(F)(F)F)nc(N3CCCC3)c12. The molecule has 3 rings (SSSR count). The molecule has 0 radical (unpaired) electrons. The number of carboxylic acid groups (broad SMARTS) is 1. The van der Waals surface area contributed by atoms with Crippen LogP contribution in [0.3, 0.4) is 0 Å². The number of fused-ring (bicyclic) bond motifs is 1. The van der Waals surface area contributed by atoms with E-state index in [0.717, 1.165) is 12.8 Å². The third kappa shape index (κ3) is 2.44. The molecule has 22 heavy (non-hydrogen) atoms. The maximum atomic E-state index is 13.0. The molecule has 2 aromatic rings. The van der Waals surface area contributed by atoms with Gasteiger partial charge in [0, 0.05) is 13.1 Å². The molecule has 0 amide bonds. The third-order valence-corrected chi connectivity index (χ3v) is 3.59. The van der Waals surface area contributed by atoms with Crippen molar-refractivity contribution in [3.05, 3.63) is 29.6 Å². The van der Waals surface area contributed by atoms with Gasteiger partial charge in [-0.3, -0.25) is 0 Å². The van der Waals surface area contributed by atoms with Gasteiger partial charge in [-0.15, -0.1) is 0 Å². The molecule has 116 valence electrons. The van der Waals surface area contributed by atoms with Crippen molar-refractivity contribution in [3.63, 3.8) is 0 Å². The van der Waals surface area contributed by atoms with E-state index in [1.807, 2.05) is 0 Å². The van der Waals surface area contributed by atoms with Crippen LogP contribution in [0.5, 0.6) is 0 Å². The Kier molecular flexibility index (Phi) is 3.38. The van der Waals surface area contributed by atoms with Crippen molar-refractivity contribution in [2.45, 2.75) is 19.0 Å². The number of alkyl halides is 3. The van der Waals surface area contributed by atoms with E-state index < -0.39 is 18.0 Å². The standard InChI is InChI=1S/C14H12F3N3O2/c15-14(16,17)13-18-9-5-3-4-8(12(21)22)10(9)11(19-13)20-6-1-2-7-20/h3-5H,1-2,6-7H2,(H,21,22). The molecule has 1 N–H and O–H groups in total. The first-order chi connectivity index (χ1) is 10.4. The zero-order valence-electron chi connectivity index (χ0n) is 11.4. The van der Waals surface area contributed by atoms with Crippen LogP contribution in [0.15, 0.2) is 18.2 Å². The molecule has 5 nitrogen and oxygen atoms in total. The quantitative estimate of drug-likeness (QED) is 0.923. The van der Waals surface area contributed by atoms with Crippen molar-refractivity contribution < 1.29 is 23.1 Å². The highest BCUT2D eigenvalue weighted by Gasteiger charge is 2.36. The maximum Gasteiger partial charge on any atom is 0.451 e. The van der Waals surface area contributed by atoms with Crippen LogP contribution in [0.2, 0.25) is 0 Å². The van der Waals surface area contributed by atoms with E-state index in [4.69, 9.17) is 0 Å². The van der Waals surface area contributed by atoms with Gasteiger partial charge in [-0.1, -0.05) is 6.07 Å². The number of benzene rings is 1. The molecular formula is C14H12F3N3O2. The van der Waals surface area contributed by atoms with Crippen LogP contribution in [0.1, 0.15) is 29.0 Å². The molecule has 1 aliphatic rings. The molecule has 0 saturated carbocycles. The zero-order valence-corrected chi connectivity index (χ0v) is 11.4. The van der Waals surface area contributed by atoms with Gasteiger partial charge < -0.3 is 10.0 Å². The first-order valence-electron chi connectivity index (χ1n) is 6.74. The normalized spacial score (nSPS) is 15.5. The van der Waals surface area contributed by atoms with Crippen molar-refractivity contribution in [1.29, 1.82) is 0 Å². The Balaban J connectivity index is 2.33. The van der Waals surface area contributed by atoms with Gasteiger partial charge in [-0.25, -0.2) is 14.8 Å². The molecule has 1 aliphatic heterocycles. The van der Waals surface area contributed by atoms with Crippen molar-refractivity contribution >= 4 is 22.7 Å². The highest BCUT2D eigenvalue weighted by Crippen LogP contribution is 2.34. The number of rotatable bonds is 2. The van der Waals surface area contributed by atoms with Crippen LogP contribution in [0.4, 0.5) is 19.0 Å². The Bertz CT molecular complexity index is 740. The second-order valence-corrected chi connectivity index (χ2v) is 5.07. The van der Waals surface area contributed by atoms with Crippen molar-refractivity contribution in [3.8, 4) is 0 Å². The van der Waals surface area contributed by atoms with Gasteiger partial charge in [-0.05, 0) is 25.0 Å². The molecule has 8 heteroatoms. The van der Waals surface area contributed by atoms with Gasteiger partial charge in [0.05, 0.1) is 16.5 Å². The van der Waals surface area contributed by atoms with E-state index >= 15 is 0 Å². The highest BCUT2D eigenvalue weighted by molar-refractivity contribution is 6.07. The predicted molar refractivity (Wildman–Crippen MR) is 72.9 cm³/mol. The first-order valence-corrected chi connectivity index (χ1v) is 6.74. The fourth-order valence-corrected chi connectivity index (χ4v) is 2.63. The van der Waals surface area contributed by atoms with Crippen LogP contribution >= 0.6 is 0 Å². The van der Waals surface area contributed by atoms with Gasteiger partial charge >= 0.3 is 12.1 Å².